The lowest BCUT2D eigenvalue weighted by molar-refractivity contribution is -0.0169. The molecule has 200 valence electrons. The van der Waals surface area contributed by atoms with Gasteiger partial charge in [0.05, 0.1) is 66.1 Å². The monoisotopic (exact) mass is 496 g/mol. The number of halogens is 1. The van der Waals surface area contributed by atoms with Gasteiger partial charge in [0.15, 0.2) is 0 Å². The molecule has 0 aromatic carbocycles. The number of rotatable bonds is 30. The summed E-state index contributed by atoms with van der Waals surface area (Å²) in [6.07, 6.45) is 15.2. The molecule has 0 aromatic heterocycles. The highest BCUT2D eigenvalue weighted by Crippen LogP contribution is 2.08. The minimum atomic E-state index is 0.573. The van der Waals surface area contributed by atoms with Gasteiger partial charge in [0.1, 0.15) is 0 Å². The van der Waals surface area contributed by atoms with E-state index in [0.717, 1.165) is 38.4 Å². The molecule has 33 heavy (non-hydrogen) atoms. The molecule has 0 aliphatic heterocycles. The molecule has 0 N–H and O–H groups in total. The zero-order chi connectivity index (χ0) is 23.9. The Morgan fingerprint density at radius 2 is 0.606 bits per heavy atom. The van der Waals surface area contributed by atoms with Crippen molar-refractivity contribution < 1.29 is 28.4 Å². The van der Waals surface area contributed by atoms with Crippen LogP contribution in [0.2, 0.25) is 0 Å². The van der Waals surface area contributed by atoms with Crippen LogP contribution in [-0.2, 0) is 28.4 Å². The quantitative estimate of drug-likeness (QED) is 0.0894. The van der Waals surface area contributed by atoms with E-state index in [2.05, 4.69) is 6.92 Å². The molecule has 0 fully saturated rings. The van der Waals surface area contributed by atoms with Gasteiger partial charge in [0.2, 0.25) is 0 Å². The van der Waals surface area contributed by atoms with Gasteiger partial charge in [-0.2, -0.15) is 0 Å². The molecular formula is C26H53ClO6. The minimum absolute atomic E-state index is 0.573. The summed E-state index contributed by atoms with van der Waals surface area (Å²) in [7, 11) is 0. The molecule has 0 aliphatic carbocycles. The first-order valence-electron chi connectivity index (χ1n) is 13.4. The largest absolute Gasteiger partial charge is 0.379 e. The van der Waals surface area contributed by atoms with Gasteiger partial charge in [-0.15, -0.1) is 11.6 Å². The average molecular weight is 497 g/mol. The number of alkyl halides is 1. The molecule has 7 heteroatoms. The number of hydrogen-bond donors (Lipinski definition) is 0. The molecular weight excluding hydrogens is 444 g/mol. The van der Waals surface area contributed by atoms with E-state index < -0.39 is 0 Å². The van der Waals surface area contributed by atoms with Crippen molar-refractivity contribution in [3.05, 3.63) is 0 Å². The molecule has 0 bridgehead atoms. The van der Waals surface area contributed by atoms with Crippen molar-refractivity contribution >= 4 is 11.6 Å². The average Bonchev–Trinajstić information content (AvgIpc) is 2.83. The first-order chi connectivity index (χ1) is 16.4. The van der Waals surface area contributed by atoms with Crippen LogP contribution in [0.5, 0.6) is 0 Å². The van der Waals surface area contributed by atoms with Crippen LogP contribution in [0, 0.1) is 0 Å². The third-order valence-electron chi connectivity index (χ3n) is 5.17. The van der Waals surface area contributed by atoms with E-state index in [4.69, 9.17) is 40.0 Å². The maximum Gasteiger partial charge on any atom is 0.0701 e. The predicted octanol–water partition coefficient (Wildman–Crippen LogP) is 6.03. The van der Waals surface area contributed by atoms with Crippen molar-refractivity contribution in [1.29, 1.82) is 0 Å². The summed E-state index contributed by atoms with van der Waals surface area (Å²) in [5.74, 6) is 0.757. The molecule has 0 saturated carbocycles. The number of hydrogen-bond acceptors (Lipinski definition) is 6. The highest BCUT2D eigenvalue weighted by Gasteiger charge is 1.96. The molecule has 0 spiro atoms. The van der Waals surface area contributed by atoms with E-state index in [9.17, 15) is 0 Å². The lowest BCUT2D eigenvalue weighted by atomic mass is 10.1. The topological polar surface area (TPSA) is 55.4 Å². The molecule has 0 unspecified atom stereocenters. The fourth-order valence-corrected chi connectivity index (χ4v) is 3.38. The van der Waals surface area contributed by atoms with Crippen molar-refractivity contribution in [3.63, 3.8) is 0 Å². The van der Waals surface area contributed by atoms with Crippen LogP contribution in [0.3, 0.4) is 0 Å². The third kappa shape index (κ3) is 32.0. The van der Waals surface area contributed by atoms with Gasteiger partial charge in [-0.05, 0) is 19.3 Å². The Balaban J connectivity index is 2.99. The standard InChI is InChI=1S/C26H53ClO6/c1-2-3-4-5-6-7-9-12-15-28-17-19-30-21-23-32-25-26-33-24-22-31-20-18-29-16-13-10-8-11-14-27/h2-26H2,1H3. The zero-order valence-electron chi connectivity index (χ0n) is 21.5. The minimum Gasteiger partial charge on any atom is -0.379 e. The second-order valence-corrected chi connectivity index (χ2v) is 8.63. The van der Waals surface area contributed by atoms with Gasteiger partial charge >= 0.3 is 0 Å². The van der Waals surface area contributed by atoms with Gasteiger partial charge in [0, 0.05) is 19.1 Å². The van der Waals surface area contributed by atoms with Crippen molar-refractivity contribution in [2.45, 2.75) is 84.0 Å². The van der Waals surface area contributed by atoms with Crippen LogP contribution < -0.4 is 0 Å². The van der Waals surface area contributed by atoms with E-state index in [-0.39, 0.29) is 0 Å². The molecule has 0 aliphatic rings. The maximum atomic E-state index is 5.64. The Labute approximate surface area is 209 Å². The second-order valence-electron chi connectivity index (χ2n) is 8.25. The molecule has 0 aromatic rings. The smallest absolute Gasteiger partial charge is 0.0701 e. The Morgan fingerprint density at radius 1 is 0.333 bits per heavy atom. The predicted molar refractivity (Wildman–Crippen MR) is 137 cm³/mol. The molecule has 0 amide bonds. The van der Waals surface area contributed by atoms with E-state index in [1.807, 2.05) is 0 Å². The summed E-state index contributed by atoms with van der Waals surface area (Å²) < 4.78 is 33.1. The van der Waals surface area contributed by atoms with Crippen LogP contribution in [0.4, 0.5) is 0 Å². The lowest BCUT2D eigenvalue weighted by Gasteiger charge is -2.08. The molecule has 0 heterocycles. The van der Waals surface area contributed by atoms with Crippen LogP contribution in [0.15, 0.2) is 0 Å². The highest BCUT2D eigenvalue weighted by atomic mass is 35.5. The number of unbranched alkanes of at least 4 members (excludes halogenated alkanes) is 10. The maximum absolute atomic E-state index is 5.64. The van der Waals surface area contributed by atoms with Crippen LogP contribution in [0.25, 0.3) is 0 Å². The fourth-order valence-electron chi connectivity index (χ4n) is 3.19. The van der Waals surface area contributed by atoms with E-state index in [1.54, 1.807) is 0 Å². The summed E-state index contributed by atoms with van der Waals surface area (Å²) in [5.41, 5.74) is 0. The molecule has 0 rings (SSSR count). The summed E-state index contributed by atoms with van der Waals surface area (Å²) in [6.45, 7) is 9.95. The summed E-state index contributed by atoms with van der Waals surface area (Å²) >= 11 is 5.64. The molecule has 0 atom stereocenters. The van der Waals surface area contributed by atoms with Gasteiger partial charge in [0.25, 0.3) is 0 Å². The van der Waals surface area contributed by atoms with Crippen LogP contribution >= 0.6 is 11.6 Å². The third-order valence-corrected chi connectivity index (χ3v) is 5.44. The summed E-state index contributed by atoms with van der Waals surface area (Å²) in [4.78, 5) is 0. The fraction of sp³-hybridized carbons (Fsp3) is 1.00. The lowest BCUT2D eigenvalue weighted by Crippen LogP contribution is -2.14. The Bertz CT molecular complexity index is 306. The van der Waals surface area contributed by atoms with Crippen molar-refractivity contribution in [2.75, 3.05) is 85.2 Å². The first kappa shape index (κ1) is 33.0. The second kappa shape index (κ2) is 32.0. The highest BCUT2D eigenvalue weighted by molar-refractivity contribution is 6.17. The van der Waals surface area contributed by atoms with Crippen LogP contribution in [0.1, 0.15) is 84.0 Å². The van der Waals surface area contributed by atoms with E-state index in [0.29, 0.717) is 66.1 Å². The molecule has 0 saturated heterocycles. The Morgan fingerprint density at radius 3 is 0.939 bits per heavy atom. The van der Waals surface area contributed by atoms with Gasteiger partial charge in [-0.25, -0.2) is 0 Å². The first-order valence-corrected chi connectivity index (χ1v) is 14.0. The van der Waals surface area contributed by atoms with Crippen molar-refractivity contribution in [2.24, 2.45) is 0 Å². The van der Waals surface area contributed by atoms with Crippen molar-refractivity contribution in [3.8, 4) is 0 Å². The van der Waals surface area contributed by atoms with E-state index in [1.165, 1.54) is 57.8 Å². The Hall–Kier alpha value is 0.0500. The van der Waals surface area contributed by atoms with E-state index >= 15 is 0 Å². The SMILES string of the molecule is CCCCCCCCCCOCCOCCOCCOCCOCCOCCCCCCCl. The van der Waals surface area contributed by atoms with Crippen molar-refractivity contribution in [1.82, 2.24) is 0 Å². The Kier molecular flexibility index (Phi) is 32.1. The van der Waals surface area contributed by atoms with Crippen LogP contribution in [-0.4, -0.2) is 85.2 Å². The molecule has 6 nitrogen and oxygen atoms in total. The molecule has 0 radical (unpaired) electrons. The van der Waals surface area contributed by atoms with Gasteiger partial charge in [-0.1, -0.05) is 64.7 Å². The summed E-state index contributed by atoms with van der Waals surface area (Å²) in [6, 6.07) is 0. The summed E-state index contributed by atoms with van der Waals surface area (Å²) in [5, 5.41) is 0. The number of ether oxygens (including phenoxy) is 6. The normalized spacial score (nSPS) is 11.5. The van der Waals surface area contributed by atoms with Gasteiger partial charge < -0.3 is 28.4 Å². The van der Waals surface area contributed by atoms with Gasteiger partial charge in [-0.3, -0.25) is 0 Å². The zero-order valence-corrected chi connectivity index (χ0v) is 22.3.